The molecule has 0 saturated heterocycles. The maximum absolute atomic E-state index is 12.5. The van der Waals surface area contributed by atoms with E-state index < -0.39 is 24.1 Å². The van der Waals surface area contributed by atoms with Crippen molar-refractivity contribution in [2.75, 3.05) is 24.6 Å². The normalized spacial score (nSPS) is 14.1. The van der Waals surface area contributed by atoms with Gasteiger partial charge in [-0.25, -0.2) is 0 Å². The number of guanidine groups is 1. The Labute approximate surface area is 223 Å². The summed E-state index contributed by atoms with van der Waals surface area (Å²) in [6, 6.07) is 7.42. The van der Waals surface area contributed by atoms with Gasteiger partial charge in [-0.3, -0.25) is 24.8 Å². The smallest absolute Gasteiger partial charge is 0.326 e. The van der Waals surface area contributed by atoms with Crippen LogP contribution in [0.2, 0.25) is 5.02 Å². The highest BCUT2D eigenvalue weighted by Gasteiger charge is 2.29. The molecule has 2 aromatic rings. The minimum Gasteiger partial charge on any atom is -0.483 e. The van der Waals surface area contributed by atoms with E-state index in [-0.39, 0.29) is 42.9 Å². The van der Waals surface area contributed by atoms with Crippen molar-refractivity contribution in [3.8, 4) is 11.5 Å². The summed E-state index contributed by atoms with van der Waals surface area (Å²) in [4.78, 5) is 46.7. The third-order valence-corrected chi connectivity index (χ3v) is 5.80. The highest BCUT2D eigenvalue weighted by Crippen LogP contribution is 2.41. The van der Waals surface area contributed by atoms with Gasteiger partial charge in [-0.15, -0.1) is 5.48 Å². The van der Waals surface area contributed by atoms with Crippen LogP contribution in [-0.4, -0.2) is 59.6 Å². The number of carbonyl (C=O) groups excluding carboxylic acids is 2. The Balaban J connectivity index is 1.58. The number of ether oxygens (including phenoxy) is 2. The molecule has 0 fully saturated rings. The van der Waals surface area contributed by atoms with Crippen molar-refractivity contribution >= 4 is 41.1 Å². The zero-order valence-electron chi connectivity index (χ0n) is 20.6. The summed E-state index contributed by atoms with van der Waals surface area (Å²) in [5, 5.41) is 19.2. The highest BCUT2D eigenvalue weighted by molar-refractivity contribution is 6.32. The van der Waals surface area contributed by atoms with E-state index in [1.54, 1.807) is 18.3 Å². The molecule has 2 heterocycles. The van der Waals surface area contributed by atoms with Crippen LogP contribution >= 0.6 is 11.6 Å². The molecule has 38 heavy (non-hydrogen) atoms. The van der Waals surface area contributed by atoms with Crippen LogP contribution in [0.1, 0.15) is 38.0 Å². The molecule has 0 radical (unpaired) electrons. The molecule has 1 aromatic carbocycles. The van der Waals surface area contributed by atoms with Gasteiger partial charge in [0, 0.05) is 25.4 Å². The van der Waals surface area contributed by atoms with Crippen molar-refractivity contribution in [2.24, 2.45) is 5.73 Å². The van der Waals surface area contributed by atoms with Crippen LogP contribution in [-0.2, 0) is 19.2 Å². The first-order valence-corrected chi connectivity index (χ1v) is 12.1. The summed E-state index contributed by atoms with van der Waals surface area (Å²) < 4.78 is 11.5. The minimum absolute atomic E-state index is 0.0448. The molecule has 14 heteroatoms. The van der Waals surface area contributed by atoms with E-state index in [2.05, 4.69) is 15.8 Å². The molecule has 13 nitrogen and oxygen atoms in total. The van der Waals surface area contributed by atoms with E-state index in [0.29, 0.717) is 35.8 Å². The summed E-state index contributed by atoms with van der Waals surface area (Å²) in [5.41, 5.74) is 8.50. The zero-order chi connectivity index (χ0) is 27.7. The number of nitrogens with zero attached hydrogens (tertiary/aromatic N) is 2. The van der Waals surface area contributed by atoms with Gasteiger partial charge in [-0.05, 0) is 38.0 Å². The number of nitrogens with one attached hydrogen (secondary N) is 3. The molecular weight excluding hydrogens is 520 g/mol. The summed E-state index contributed by atoms with van der Waals surface area (Å²) in [5.74, 6) is -1.86. The quantitative estimate of drug-likeness (QED) is 0.106. The molecule has 0 aliphatic carbocycles. The number of aliphatic carboxylic acids is 1. The number of carboxylic acid groups (broad SMARTS) is 1. The molecule has 2 atom stereocenters. The van der Waals surface area contributed by atoms with Crippen molar-refractivity contribution in [3.63, 3.8) is 0 Å². The number of carbonyl (C=O) groups is 3. The van der Waals surface area contributed by atoms with Crippen molar-refractivity contribution in [3.05, 3.63) is 47.2 Å². The summed E-state index contributed by atoms with van der Waals surface area (Å²) in [7, 11) is 0. The number of nitrogens with two attached hydrogens (primary N) is 1. The fourth-order valence-corrected chi connectivity index (χ4v) is 3.76. The Morgan fingerprint density at radius 1 is 1.37 bits per heavy atom. The molecule has 204 valence electrons. The van der Waals surface area contributed by atoms with Gasteiger partial charge in [0.05, 0.1) is 22.8 Å². The molecule has 3 rings (SSSR count). The number of anilines is 1. The Morgan fingerprint density at radius 3 is 2.84 bits per heavy atom. The fourth-order valence-electron chi connectivity index (χ4n) is 3.56. The van der Waals surface area contributed by atoms with Gasteiger partial charge in [0.15, 0.2) is 12.6 Å². The van der Waals surface area contributed by atoms with Crippen LogP contribution in [0.4, 0.5) is 5.69 Å². The van der Waals surface area contributed by atoms with Gasteiger partial charge in [0.25, 0.3) is 5.91 Å². The number of benzene rings is 1. The third-order valence-electron chi connectivity index (χ3n) is 5.50. The number of hydrogen-bond donors (Lipinski definition) is 5. The molecular formula is C24H29ClN6O7. The molecule has 0 unspecified atom stereocenters. The van der Waals surface area contributed by atoms with Crippen LogP contribution in [0.3, 0.4) is 0 Å². The summed E-state index contributed by atoms with van der Waals surface area (Å²) in [6.45, 7) is 1.83. The molecule has 0 spiro atoms. The van der Waals surface area contributed by atoms with Gasteiger partial charge in [-0.1, -0.05) is 17.7 Å². The SMILES string of the molecule is C[C@@H](Oc1cc2c(cc1Cl)N(CCC(=O)ON[C@@H](CCCNC(=N)N)C(=O)O)C(=O)CO2)c1ccccn1. The van der Waals surface area contributed by atoms with Crippen LogP contribution < -0.4 is 30.9 Å². The van der Waals surface area contributed by atoms with Gasteiger partial charge in [0.1, 0.15) is 23.6 Å². The largest absolute Gasteiger partial charge is 0.483 e. The number of rotatable bonds is 13. The van der Waals surface area contributed by atoms with Crippen molar-refractivity contribution in [1.29, 1.82) is 5.41 Å². The minimum atomic E-state index is -1.21. The van der Waals surface area contributed by atoms with E-state index in [1.165, 1.54) is 11.0 Å². The molecule has 0 saturated carbocycles. The lowest BCUT2D eigenvalue weighted by molar-refractivity contribution is -0.158. The second kappa shape index (κ2) is 13.4. The van der Waals surface area contributed by atoms with Crippen molar-refractivity contribution < 1.29 is 33.8 Å². The number of carboxylic acids is 1. The van der Waals surface area contributed by atoms with Crippen LogP contribution in [0.5, 0.6) is 11.5 Å². The van der Waals surface area contributed by atoms with E-state index in [4.69, 9.17) is 37.1 Å². The standard InChI is InChI=1S/C24H29ClN6O7/c1-14(16-5-2-3-8-28-16)37-19-12-20-18(11-15(19)25)31(21(32)13-36-20)10-7-22(33)38-30-17(23(34)35)6-4-9-29-24(26)27/h2-3,5,8,11-12,14,17,30H,4,6-7,9-10,13H2,1H3,(H,34,35)(H4,26,27,29)/t14-,17+/m1/s1. The molecule has 0 bridgehead atoms. The number of halogens is 1. The maximum atomic E-state index is 12.5. The second-order valence-corrected chi connectivity index (χ2v) is 8.72. The molecule has 1 amide bonds. The number of hydroxylamine groups is 1. The van der Waals surface area contributed by atoms with E-state index in [0.717, 1.165) is 0 Å². The summed E-state index contributed by atoms with van der Waals surface area (Å²) in [6.07, 6.45) is 1.54. The Kier molecular flexibility index (Phi) is 10.1. The highest BCUT2D eigenvalue weighted by atomic mass is 35.5. The predicted octanol–water partition coefficient (Wildman–Crippen LogP) is 1.75. The number of fused-ring (bicyclic) bond motifs is 1. The van der Waals surface area contributed by atoms with Crippen LogP contribution in [0.25, 0.3) is 0 Å². The number of hydrogen-bond acceptors (Lipinski definition) is 9. The van der Waals surface area contributed by atoms with Gasteiger partial charge < -0.3 is 35.4 Å². The summed E-state index contributed by atoms with van der Waals surface area (Å²) >= 11 is 6.43. The van der Waals surface area contributed by atoms with Crippen LogP contribution in [0, 0.1) is 5.41 Å². The Morgan fingerprint density at radius 2 is 2.16 bits per heavy atom. The first-order chi connectivity index (χ1) is 18.2. The fraction of sp³-hybridized carbons (Fsp3) is 0.375. The predicted molar refractivity (Wildman–Crippen MR) is 137 cm³/mol. The lowest BCUT2D eigenvalue weighted by atomic mass is 10.2. The lowest BCUT2D eigenvalue weighted by Crippen LogP contribution is -2.42. The number of amides is 1. The van der Waals surface area contributed by atoms with E-state index in [9.17, 15) is 19.5 Å². The number of aromatic nitrogens is 1. The van der Waals surface area contributed by atoms with E-state index in [1.807, 2.05) is 19.1 Å². The van der Waals surface area contributed by atoms with Gasteiger partial charge in [-0.2, -0.15) is 0 Å². The second-order valence-electron chi connectivity index (χ2n) is 8.31. The topological polar surface area (TPSA) is 189 Å². The van der Waals surface area contributed by atoms with Crippen molar-refractivity contribution in [1.82, 2.24) is 15.8 Å². The Hall–Kier alpha value is -4.10. The zero-order valence-corrected chi connectivity index (χ0v) is 21.4. The molecule has 1 aliphatic rings. The Bertz CT molecular complexity index is 1170. The third kappa shape index (κ3) is 7.95. The first kappa shape index (κ1) is 28.5. The molecule has 1 aromatic heterocycles. The number of pyridine rings is 1. The lowest BCUT2D eigenvalue weighted by Gasteiger charge is -2.30. The average molecular weight is 549 g/mol. The van der Waals surface area contributed by atoms with Gasteiger partial charge >= 0.3 is 11.9 Å². The maximum Gasteiger partial charge on any atom is 0.326 e. The molecule has 1 aliphatic heterocycles. The van der Waals surface area contributed by atoms with Crippen molar-refractivity contribution in [2.45, 2.75) is 38.3 Å². The van der Waals surface area contributed by atoms with E-state index >= 15 is 0 Å². The monoisotopic (exact) mass is 548 g/mol. The average Bonchev–Trinajstić information content (AvgIpc) is 2.88. The first-order valence-electron chi connectivity index (χ1n) is 11.8. The van der Waals surface area contributed by atoms with Crippen LogP contribution in [0.15, 0.2) is 36.5 Å². The molecule has 6 N–H and O–H groups in total. The van der Waals surface area contributed by atoms with Gasteiger partial charge in [0.2, 0.25) is 0 Å².